The summed E-state index contributed by atoms with van der Waals surface area (Å²) in [6.45, 7) is 2.74. The molecular formula is C21H20N2O2. The van der Waals surface area contributed by atoms with Crippen molar-refractivity contribution in [2.24, 2.45) is 0 Å². The van der Waals surface area contributed by atoms with Crippen molar-refractivity contribution in [3.63, 3.8) is 0 Å². The summed E-state index contributed by atoms with van der Waals surface area (Å²) < 4.78 is 0. The number of para-hydroxylation sites is 2. The second-order valence-electron chi connectivity index (χ2n) is 6.33. The number of fused-ring (bicyclic) bond motifs is 1. The van der Waals surface area contributed by atoms with E-state index >= 15 is 0 Å². The number of benzene rings is 3. The Bertz CT molecular complexity index is 914. The Balaban J connectivity index is 1.48. The van der Waals surface area contributed by atoms with E-state index in [2.05, 4.69) is 11.0 Å². The molecule has 0 spiro atoms. The fourth-order valence-corrected chi connectivity index (χ4v) is 3.39. The first kappa shape index (κ1) is 15.5. The number of phenols is 1. The van der Waals surface area contributed by atoms with Gasteiger partial charge in [-0.15, -0.1) is 0 Å². The summed E-state index contributed by atoms with van der Waals surface area (Å²) in [4.78, 5) is 16.8. The van der Waals surface area contributed by atoms with Crippen LogP contribution in [0.25, 0.3) is 10.8 Å². The first-order chi connectivity index (χ1) is 12.2. The van der Waals surface area contributed by atoms with E-state index in [1.807, 2.05) is 59.5 Å². The van der Waals surface area contributed by atoms with Gasteiger partial charge in [0, 0.05) is 31.7 Å². The molecule has 0 bridgehead atoms. The second kappa shape index (κ2) is 6.48. The highest BCUT2D eigenvalue weighted by Gasteiger charge is 2.23. The molecule has 4 nitrogen and oxygen atoms in total. The average Bonchev–Trinajstić information content (AvgIpc) is 2.67. The Hall–Kier alpha value is -3.01. The average molecular weight is 332 g/mol. The fourth-order valence-electron chi connectivity index (χ4n) is 3.39. The minimum atomic E-state index is 0.0719. The maximum atomic E-state index is 12.8. The first-order valence-electron chi connectivity index (χ1n) is 8.53. The summed E-state index contributed by atoms with van der Waals surface area (Å²) in [5, 5.41) is 12.2. The zero-order chi connectivity index (χ0) is 17.2. The number of carbonyl (C=O) groups is 1. The van der Waals surface area contributed by atoms with Gasteiger partial charge >= 0.3 is 0 Å². The van der Waals surface area contributed by atoms with Crippen molar-refractivity contribution in [2.45, 2.75) is 0 Å². The van der Waals surface area contributed by atoms with E-state index in [9.17, 15) is 9.90 Å². The number of aromatic hydroxyl groups is 1. The summed E-state index contributed by atoms with van der Waals surface area (Å²) >= 11 is 0. The molecule has 1 saturated heterocycles. The predicted molar refractivity (Wildman–Crippen MR) is 100 cm³/mol. The van der Waals surface area contributed by atoms with Crippen LogP contribution in [0.1, 0.15) is 10.4 Å². The van der Waals surface area contributed by atoms with Gasteiger partial charge in [-0.1, -0.05) is 42.5 Å². The Kier molecular flexibility index (Phi) is 4.02. The molecule has 1 aliphatic heterocycles. The van der Waals surface area contributed by atoms with Crippen molar-refractivity contribution in [2.75, 3.05) is 31.1 Å². The molecule has 3 aromatic carbocycles. The first-order valence-corrected chi connectivity index (χ1v) is 8.53. The number of phenolic OH excluding ortho intramolecular Hbond substituents is 1. The third kappa shape index (κ3) is 3.03. The largest absolute Gasteiger partial charge is 0.506 e. The second-order valence-corrected chi connectivity index (χ2v) is 6.33. The summed E-state index contributed by atoms with van der Waals surface area (Å²) in [5.41, 5.74) is 1.56. The van der Waals surface area contributed by atoms with Crippen LogP contribution in [-0.2, 0) is 0 Å². The van der Waals surface area contributed by atoms with Gasteiger partial charge in [0.1, 0.15) is 5.75 Å². The van der Waals surface area contributed by atoms with Crippen molar-refractivity contribution >= 4 is 22.4 Å². The molecule has 1 amide bonds. The fraction of sp³-hybridized carbons (Fsp3) is 0.190. The molecule has 0 saturated carbocycles. The number of rotatable bonds is 2. The van der Waals surface area contributed by atoms with Gasteiger partial charge < -0.3 is 14.9 Å². The lowest BCUT2D eigenvalue weighted by Gasteiger charge is -2.36. The monoisotopic (exact) mass is 332 g/mol. The lowest BCUT2D eigenvalue weighted by atomic mass is 10.1. The van der Waals surface area contributed by atoms with Crippen LogP contribution in [0.5, 0.6) is 5.75 Å². The summed E-state index contributed by atoms with van der Waals surface area (Å²) in [6.07, 6.45) is 0. The van der Waals surface area contributed by atoms with E-state index in [-0.39, 0.29) is 11.7 Å². The SMILES string of the molecule is O=C(c1ccc2ccccc2c1)N1CCN(c2ccccc2O)CC1. The van der Waals surface area contributed by atoms with Gasteiger partial charge in [-0.05, 0) is 35.0 Å². The highest BCUT2D eigenvalue weighted by atomic mass is 16.3. The van der Waals surface area contributed by atoms with E-state index in [0.29, 0.717) is 13.1 Å². The quantitative estimate of drug-likeness (QED) is 0.781. The zero-order valence-corrected chi connectivity index (χ0v) is 13.9. The van der Waals surface area contributed by atoms with Crippen LogP contribution in [0.4, 0.5) is 5.69 Å². The van der Waals surface area contributed by atoms with Crippen molar-refractivity contribution in [3.05, 3.63) is 72.3 Å². The van der Waals surface area contributed by atoms with Gasteiger partial charge in [0.05, 0.1) is 5.69 Å². The molecule has 4 rings (SSSR count). The Morgan fingerprint density at radius 3 is 2.24 bits per heavy atom. The molecule has 1 fully saturated rings. The van der Waals surface area contributed by atoms with Gasteiger partial charge in [0.2, 0.25) is 0 Å². The molecule has 1 N–H and O–H groups in total. The molecule has 0 unspecified atom stereocenters. The predicted octanol–water partition coefficient (Wildman–Crippen LogP) is 3.51. The van der Waals surface area contributed by atoms with Crippen LogP contribution in [0.15, 0.2) is 66.7 Å². The lowest BCUT2D eigenvalue weighted by Crippen LogP contribution is -2.48. The van der Waals surface area contributed by atoms with Gasteiger partial charge in [0.25, 0.3) is 5.91 Å². The van der Waals surface area contributed by atoms with Crippen LogP contribution in [0, 0.1) is 0 Å². The maximum Gasteiger partial charge on any atom is 0.253 e. The summed E-state index contributed by atoms with van der Waals surface area (Å²) in [5.74, 6) is 0.361. The van der Waals surface area contributed by atoms with Gasteiger partial charge in [-0.25, -0.2) is 0 Å². The van der Waals surface area contributed by atoms with E-state index < -0.39 is 0 Å². The third-order valence-corrected chi connectivity index (χ3v) is 4.79. The van der Waals surface area contributed by atoms with E-state index in [4.69, 9.17) is 0 Å². The molecule has 1 aliphatic rings. The molecule has 0 aliphatic carbocycles. The van der Waals surface area contributed by atoms with Gasteiger partial charge in [-0.2, -0.15) is 0 Å². The number of hydrogen-bond acceptors (Lipinski definition) is 3. The topological polar surface area (TPSA) is 43.8 Å². The molecule has 0 aromatic heterocycles. The molecule has 0 radical (unpaired) electrons. The molecule has 25 heavy (non-hydrogen) atoms. The number of hydrogen-bond donors (Lipinski definition) is 1. The molecule has 126 valence electrons. The number of carbonyl (C=O) groups excluding carboxylic acids is 1. The number of piperazine rings is 1. The number of nitrogens with zero attached hydrogens (tertiary/aromatic N) is 2. The molecule has 0 atom stereocenters. The minimum absolute atomic E-state index is 0.0719. The zero-order valence-electron chi connectivity index (χ0n) is 13.9. The number of anilines is 1. The number of amides is 1. The Morgan fingerprint density at radius 2 is 1.48 bits per heavy atom. The highest BCUT2D eigenvalue weighted by Crippen LogP contribution is 2.27. The standard InChI is InChI=1S/C21H20N2O2/c24-20-8-4-3-7-19(20)22-11-13-23(14-12-22)21(25)18-10-9-16-5-1-2-6-17(16)15-18/h1-10,15,24H,11-14H2. The smallest absolute Gasteiger partial charge is 0.253 e. The van der Waals surface area contributed by atoms with Crippen molar-refractivity contribution < 1.29 is 9.90 Å². The van der Waals surface area contributed by atoms with Crippen LogP contribution in [-0.4, -0.2) is 42.1 Å². The molecular weight excluding hydrogens is 312 g/mol. The van der Waals surface area contributed by atoms with Crippen LogP contribution in [0.2, 0.25) is 0 Å². The van der Waals surface area contributed by atoms with Crippen molar-refractivity contribution in [3.8, 4) is 5.75 Å². The third-order valence-electron chi connectivity index (χ3n) is 4.79. The van der Waals surface area contributed by atoms with Crippen LogP contribution < -0.4 is 4.90 Å². The molecule has 3 aromatic rings. The van der Waals surface area contributed by atoms with Gasteiger partial charge in [-0.3, -0.25) is 4.79 Å². The van der Waals surface area contributed by atoms with Crippen molar-refractivity contribution in [1.29, 1.82) is 0 Å². The van der Waals surface area contributed by atoms with Crippen molar-refractivity contribution in [1.82, 2.24) is 4.90 Å². The molecule has 4 heteroatoms. The van der Waals surface area contributed by atoms with Crippen LogP contribution in [0.3, 0.4) is 0 Å². The maximum absolute atomic E-state index is 12.8. The normalized spacial score (nSPS) is 14.7. The van der Waals surface area contributed by atoms with Gasteiger partial charge in [0.15, 0.2) is 0 Å². The summed E-state index contributed by atoms with van der Waals surface area (Å²) in [6, 6.07) is 21.3. The molecule has 1 heterocycles. The highest BCUT2D eigenvalue weighted by molar-refractivity contribution is 5.98. The minimum Gasteiger partial charge on any atom is -0.506 e. The summed E-state index contributed by atoms with van der Waals surface area (Å²) in [7, 11) is 0. The Morgan fingerprint density at radius 1 is 0.800 bits per heavy atom. The lowest BCUT2D eigenvalue weighted by molar-refractivity contribution is 0.0747. The van der Waals surface area contributed by atoms with E-state index in [0.717, 1.165) is 35.1 Å². The van der Waals surface area contributed by atoms with E-state index in [1.165, 1.54) is 0 Å². The Labute approximate surface area is 146 Å². The van der Waals surface area contributed by atoms with Crippen LogP contribution >= 0.6 is 0 Å². The van der Waals surface area contributed by atoms with E-state index in [1.54, 1.807) is 6.07 Å².